The van der Waals surface area contributed by atoms with Crippen LogP contribution in [-0.2, 0) is 28.6 Å². The Kier molecular flexibility index (Phi) is 4.16. The van der Waals surface area contributed by atoms with Crippen LogP contribution in [-0.4, -0.2) is 37.2 Å². The maximum atomic E-state index is 13.0. The summed E-state index contributed by atoms with van der Waals surface area (Å²) < 4.78 is 16.3. The van der Waals surface area contributed by atoms with Gasteiger partial charge in [-0.25, -0.2) is 0 Å². The Labute approximate surface area is 148 Å². The van der Waals surface area contributed by atoms with Gasteiger partial charge < -0.3 is 14.2 Å². The highest BCUT2D eigenvalue weighted by Crippen LogP contribution is 2.59. The van der Waals surface area contributed by atoms with Gasteiger partial charge in [0.25, 0.3) is 0 Å². The molecule has 2 bridgehead atoms. The number of rotatable bonds is 4. The normalized spacial score (nSPS) is 38.2. The molecule has 3 aliphatic rings. The van der Waals surface area contributed by atoms with Gasteiger partial charge in [0.2, 0.25) is 0 Å². The summed E-state index contributed by atoms with van der Waals surface area (Å²) in [6.45, 7) is 9.92. The first kappa shape index (κ1) is 18.2. The van der Waals surface area contributed by atoms with E-state index >= 15 is 0 Å². The van der Waals surface area contributed by atoms with Crippen molar-refractivity contribution in [3.05, 3.63) is 0 Å². The Morgan fingerprint density at radius 2 is 1.84 bits per heavy atom. The molecule has 0 aromatic rings. The molecule has 0 N–H and O–H groups in total. The van der Waals surface area contributed by atoms with E-state index in [4.69, 9.17) is 14.2 Å². The number of methoxy groups -OCH3 is 1. The highest BCUT2D eigenvalue weighted by molar-refractivity contribution is 5.86. The van der Waals surface area contributed by atoms with Gasteiger partial charge in [0.15, 0.2) is 0 Å². The number of hydrogen-bond acceptors (Lipinski definition) is 6. The van der Waals surface area contributed by atoms with Crippen LogP contribution in [0.3, 0.4) is 0 Å². The van der Waals surface area contributed by atoms with Gasteiger partial charge in [0.1, 0.15) is 12.2 Å². The zero-order valence-corrected chi connectivity index (χ0v) is 15.8. The monoisotopic (exact) mass is 352 g/mol. The van der Waals surface area contributed by atoms with Crippen molar-refractivity contribution >= 4 is 17.9 Å². The smallest absolute Gasteiger partial charge is 0.312 e. The summed E-state index contributed by atoms with van der Waals surface area (Å²) in [5, 5.41) is 0. The molecular formula is C19H28O6. The molecule has 140 valence electrons. The third kappa shape index (κ3) is 2.40. The lowest BCUT2D eigenvalue weighted by Gasteiger charge is -2.41. The number of carbonyl (C=O) groups excluding carboxylic acids is 3. The van der Waals surface area contributed by atoms with Gasteiger partial charge in [-0.15, -0.1) is 0 Å². The van der Waals surface area contributed by atoms with E-state index in [0.29, 0.717) is 12.8 Å². The van der Waals surface area contributed by atoms with Crippen LogP contribution in [0, 0.1) is 34.5 Å². The summed E-state index contributed by atoms with van der Waals surface area (Å²) in [5.74, 6) is -2.33. The van der Waals surface area contributed by atoms with E-state index in [1.54, 1.807) is 0 Å². The van der Waals surface area contributed by atoms with Gasteiger partial charge in [-0.2, -0.15) is 0 Å². The molecule has 2 saturated carbocycles. The van der Waals surface area contributed by atoms with E-state index < -0.39 is 35.4 Å². The van der Waals surface area contributed by atoms with E-state index in [-0.39, 0.29) is 29.2 Å². The van der Waals surface area contributed by atoms with E-state index in [1.807, 2.05) is 34.6 Å². The Bertz CT molecular complexity index is 606. The van der Waals surface area contributed by atoms with Crippen molar-refractivity contribution in [1.82, 2.24) is 0 Å². The van der Waals surface area contributed by atoms with Crippen LogP contribution in [0.15, 0.2) is 0 Å². The van der Waals surface area contributed by atoms with Crippen molar-refractivity contribution < 1.29 is 28.6 Å². The van der Waals surface area contributed by atoms with Crippen molar-refractivity contribution in [2.45, 2.75) is 59.7 Å². The maximum Gasteiger partial charge on any atom is 0.312 e. The lowest BCUT2D eigenvalue weighted by atomic mass is 9.66. The second-order valence-corrected chi connectivity index (χ2v) is 8.85. The number of fused-ring (bicyclic) bond motifs is 1. The standard InChI is InChI=1S/C19H28O6/c1-7-19(5,18(2,3)4)17(22)25-14-9-8-10-12(11(9)15(20)23-6)16(21)24-13(10)14/h9-14H,7-8H2,1-6H3. The molecule has 0 aromatic heterocycles. The van der Waals surface area contributed by atoms with Crippen LogP contribution in [0.2, 0.25) is 0 Å². The Balaban J connectivity index is 1.86. The van der Waals surface area contributed by atoms with Crippen LogP contribution in [0.25, 0.3) is 0 Å². The number of ether oxygens (including phenoxy) is 3. The zero-order valence-electron chi connectivity index (χ0n) is 15.8. The van der Waals surface area contributed by atoms with Crippen LogP contribution in [0.4, 0.5) is 0 Å². The van der Waals surface area contributed by atoms with Crippen molar-refractivity contribution in [3.8, 4) is 0 Å². The lowest BCUT2D eigenvalue weighted by Crippen LogP contribution is -2.48. The second-order valence-electron chi connectivity index (χ2n) is 8.85. The Morgan fingerprint density at radius 3 is 2.36 bits per heavy atom. The summed E-state index contributed by atoms with van der Waals surface area (Å²) in [4.78, 5) is 37.4. The maximum absolute atomic E-state index is 13.0. The summed E-state index contributed by atoms with van der Waals surface area (Å²) >= 11 is 0. The van der Waals surface area contributed by atoms with Gasteiger partial charge in [0.05, 0.1) is 24.4 Å². The lowest BCUT2D eigenvalue weighted by molar-refractivity contribution is -0.180. The highest BCUT2D eigenvalue weighted by Gasteiger charge is 2.70. The average Bonchev–Trinajstić information content (AvgIpc) is 3.15. The summed E-state index contributed by atoms with van der Waals surface area (Å²) in [7, 11) is 1.32. The first-order chi connectivity index (χ1) is 11.6. The molecule has 25 heavy (non-hydrogen) atoms. The van der Waals surface area contributed by atoms with Crippen LogP contribution in [0.5, 0.6) is 0 Å². The van der Waals surface area contributed by atoms with Gasteiger partial charge in [0, 0.05) is 11.8 Å². The molecule has 7 unspecified atom stereocenters. The summed E-state index contributed by atoms with van der Waals surface area (Å²) in [6.07, 6.45) is 0.326. The predicted molar refractivity (Wildman–Crippen MR) is 88.2 cm³/mol. The molecule has 6 heteroatoms. The molecule has 1 aliphatic heterocycles. The molecule has 0 aromatic carbocycles. The third-order valence-corrected chi connectivity index (χ3v) is 7.08. The molecule has 0 amide bonds. The van der Waals surface area contributed by atoms with Gasteiger partial charge in [-0.05, 0) is 25.2 Å². The molecule has 1 heterocycles. The number of carbonyl (C=O) groups is 3. The third-order valence-electron chi connectivity index (χ3n) is 7.08. The van der Waals surface area contributed by atoms with Crippen molar-refractivity contribution in [2.24, 2.45) is 34.5 Å². The Morgan fingerprint density at radius 1 is 1.20 bits per heavy atom. The van der Waals surface area contributed by atoms with Crippen molar-refractivity contribution in [3.63, 3.8) is 0 Å². The highest BCUT2D eigenvalue weighted by atomic mass is 16.6. The molecule has 3 fully saturated rings. The number of esters is 3. The minimum Gasteiger partial charge on any atom is -0.469 e. The van der Waals surface area contributed by atoms with E-state index in [0.717, 1.165) is 0 Å². The van der Waals surface area contributed by atoms with Crippen LogP contribution in [0.1, 0.15) is 47.5 Å². The molecule has 0 spiro atoms. The van der Waals surface area contributed by atoms with E-state index in [2.05, 4.69) is 0 Å². The largest absolute Gasteiger partial charge is 0.469 e. The summed E-state index contributed by atoms with van der Waals surface area (Å²) in [6, 6.07) is 0. The molecule has 1 saturated heterocycles. The molecule has 2 aliphatic carbocycles. The quantitative estimate of drug-likeness (QED) is 0.571. The second kappa shape index (κ2) is 5.71. The average molecular weight is 352 g/mol. The fraction of sp³-hybridized carbons (Fsp3) is 0.842. The van der Waals surface area contributed by atoms with E-state index in [9.17, 15) is 14.4 Å². The molecule has 0 radical (unpaired) electrons. The fourth-order valence-corrected chi connectivity index (χ4v) is 4.84. The van der Waals surface area contributed by atoms with Crippen molar-refractivity contribution in [2.75, 3.05) is 7.11 Å². The molecule has 7 atom stereocenters. The fourth-order valence-electron chi connectivity index (χ4n) is 4.84. The SMILES string of the molecule is CCC(C)(C(=O)OC1C2CC3C1OC(=O)C3C2C(=O)OC)C(C)(C)C. The minimum atomic E-state index is -0.655. The van der Waals surface area contributed by atoms with Gasteiger partial charge >= 0.3 is 17.9 Å². The van der Waals surface area contributed by atoms with Crippen LogP contribution < -0.4 is 0 Å². The predicted octanol–water partition coefficient (Wildman–Crippen LogP) is 2.34. The topological polar surface area (TPSA) is 78.9 Å². The van der Waals surface area contributed by atoms with Crippen LogP contribution >= 0.6 is 0 Å². The molecule has 3 rings (SSSR count). The molecular weight excluding hydrogens is 324 g/mol. The minimum absolute atomic E-state index is 0.0538. The van der Waals surface area contributed by atoms with Crippen molar-refractivity contribution in [1.29, 1.82) is 0 Å². The van der Waals surface area contributed by atoms with Gasteiger partial charge in [-0.1, -0.05) is 27.7 Å². The molecule has 6 nitrogen and oxygen atoms in total. The van der Waals surface area contributed by atoms with E-state index in [1.165, 1.54) is 7.11 Å². The first-order valence-corrected chi connectivity index (χ1v) is 9.06. The Hall–Kier alpha value is -1.59. The number of hydrogen-bond donors (Lipinski definition) is 0. The first-order valence-electron chi connectivity index (χ1n) is 9.06. The zero-order chi connectivity index (χ0) is 18.7. The summed E-state index contributed by atoms with van der Waals surface area (Å²) in [5.41, 5.74) is -0.926. The van der Waals surface area contributed by atoms with Gasteiger partial charge in [-0.3, -0.25) is 14.4 Å².